The molecular weight excluding hydrogens is 332 g/mol. The topological polar surface area (TPSA) is 85.2 Å². The van der Waals surface area contributed by atoms with E-state index in [0.29, 0.717) is 21.7 Å². The number of oxazole rings is 1. The van der Waals surface area contributed by atoms with Gasteiger partial charge in [-0.05, 0) is 30.3 Å². The lowest BCUT2D eigenvalue weighted by atomic mass is 10.2. The van der Waals surface area contributed by atoms with Crippen LogP contribution >= 0.6 is 11.6 Å². The summed E-state index contributed by atoms with van der Waals surface area (Å²) in [6.45, 7) is 0.115. The Morgan fingerprint density at radius 1 is 1.29 bits per heavy atom. The number of ether oxygens (including phenoxy) is 1. The molecule has 2 aromatic carbocycles. The Labute approximate surface area is 141 Å². The molecule has 1 heterocycles. The standard InChI is InChI=1S/C17H11ClN2O4/c18-12-4-5-14-15(9-12)24-17(22)20(14)7-6-16(21)23-13-3-1-2-11(8-13)10-19/h1-5,8-9H,6-7H2. The highest BCUT2D eigenvalue weighted by Gasteiger charge is 2.12. The van der Waals surface area contributed by atoms with Crippen molar-refractivity contribution in [2.75, 3.05) is 0 Å². The van der Waals surface area contributed by atoms with Gasteiger partial charge in [-0.3, -0.25) is 9.36 Å². The molecule has 0 N–H and O–H groups in total. The fraction of sp³-hybridized carbons (Fsp3) is 0.118. The fourth-order valence-corrected chi connectivity index (χ4v) is 2.43. The molecule has 0 spiro atoms. The summed E-state index contributed by atoms with van der Waals surface area (Å²) < 4.78 is 11.6. The van der Waals surface area contributed by atoms with Gasteiger partial charge in [0.1, 0.15) is 5.75 Å². The van der Waals surface area contributed by atoms with E-state index in [9.17, 15) is 9.59 Å². The predicted octanol–water partition coefficient (Wildman–Crippen LogP) is 3.12. The molecular formula is C17H11ClN2O4. The summed E-state index contributed by atoms with van der Waals surface area (Å²) >= 11 is 5.85. The number of carbonyl (C=O) groups excluding carboxylic acids is 1. The molecule has 120 valence electrons. The van der Waals surface area contributed by atoms with Crippen LogP contribution in [0.25, 0.3) is 11.1 Å². The number of rotatable bonds is 4. The molecule has 24 heavy (non-hydrogen) atoms. The normalized spacial score (nSPS) is 10.5. The van der Waals surface area contributed by atoms with Crippen LogP contribution in [0, 0.1) is 11.3 Å². The van der Waals surface area contributed by atoms with Crippen molar-refractivity contribution >= 4 is 28.7 Å². The zero-order chi connectivity index (χ0) is 17.1. The second-order valence-electron chi connectivity index (χ2n) is 5.00. The molecule has 3 rings (SSSR count). The van der Waals surface area contributed by atoms with Gasteiger partial charge < -0.3 is 9.15 Å². The largest absolute Gasteiger partial charge is 0.426 e. The molecule has 7 heteroatoms. The van der Waals surface area contributed by atoms with Crippen LogP contribution in [0.4, 0.5) is 0 Å². The van der Waals surface area contributed by atoms with Gasteiger partial charge in [-0.2, -0.15) is 5.26 Å². The van der Waals surface area contributed by atoms with E-state index in [0.717, 1.165) is 0 Å². The van der Waals surface area contributed by atoms with Crippen LogP contribution in [0.1, 0.15) is 12.0 Å². The Bertz CT molecular complexity index is 1010. The van der Waals surface area contributed by atoms with Gasteiger partial charge >= 0.3 is 11.7 Å². The van der Waals surface area contributed by atoms with Crippen molar-refractivity contribution in [1.82, 2.24) is 4.57 Å². The highest BCUT2D eigenvalue weighted by atomic mass is 35.5. The van der Waals surface area contributed by atoms with Crippen LogP contribution in [0.5, 0.6) is 5.75 Å². The van der Waals surface area contributed by atoms with Crippen molar-refractivity contribution in [3.63, 3.8) is 0 Å². The maximum atomic E-state index is 11.9. The highest BCUT2D eigenvalue weighted by Crippen LogP contribution is 2.19. The first-order valence-electron chi connectivity index (χ1n) is 7.06. The molecule has 0 aliphatic heterocycles. The van der Waals surface area contributed by atoms with E-state index in [1.54, 1.807) is 36.4 Å². The van der Waals surface area contributed by atoms with Gasteiger partial charge in [0.05, 0.1) is 23.6 Å². The van der Waals surface area contributed by atoms with Crippen LogP contribution in [-0.4, -0.2) is 10.5 Å². The summed E-state index contributed by atoms with van der Waals surface area (Å²) in [6.07, 6.45) is -0.0199. The number of carbonyl (C=O) groups is 1. The third kappa shape index (κ3) is 3.31. The van der Waals surface area contributed by atoms with Gasteiger partial charge in [-0.1, -0.05) is 17.7 Å². The molecule has 6 nitrogen and oxygen atoms in total. The average Bonchev–Trinajstić information content (AvgIpc) is 2.87. The molecule has 0 radical (unpaired) electrons. The van der Waals surface area contributed by atoms with Gasteiger partial charge in [0, 0.05) is 17.6 Å². The van der Waals surface area contributed by atoms with Gasteiger partial charge in [0.15, 0.2) is 5.58 Å². The Balaban J connectivity index is 1.71. The number of fused-ring (bicyclic) bond motifs is 1. The molecule has 0 bridgehead atoms. The molecule has 3 aromatic rings. The van der Waals surface area contributed by atoms with E-state index in [4.69, 9.17) is 26.0 Å². The summed E-state index contributed by atoms with van der Waals surface area (Å²) in [5.41, 5.74) is 1.32. The van der Waals surface area contributed by atoms with Gasteiger partial charge in [0.2, 0.25) is 0 Å². The van der Waals surface area contributed by atoms with Crippen LogP contribution in [-0.2, 0) is 11.3 Å². The van der Waals surface area contributed by atoms with Crippen LogP contribution < -0.4 is 10.5 Å². The second-order valence-corrected chi connectivity index (χ2v) is 5.43. The molecule has 0 fully saturated rings. The summed E-state index contributed by atoms with van der Waals surface area (Å²) in [7, 11) is 0. The lowest BCUT2D eigenvalue weighted by Crippen LogP contribution is -2.18. The number of hydrogen-bond donors (Lipinski definition) is 0. The number of nitrogens with zero attached hydrogens (tertiary/aromatic N) is 2. The molecule has 0 unspecified atom stereocenters. The number of aryl methyl sites for hydroxylation is 1. The summed E-state index contributed by atoms with van der Waals surface area (Å²) in [4.78, 5) is 23.8. The van der Waals surface area contributed by atoms with Crippen LogP contribution in [0.2, 0.25) is 5.02 Å². The number of hydrogen-bond acceptors (Lipinski definition) is 5. The lowest BCUT2D eigenvalue weighted by Gasteiger charge is -2.05. The smallest absolute Gasteiger partial charge is 0.419 e. The minimum Gasteiger partial charge on any atom is -0.426 e. The van der Waals surface area contributed by atoms with Crippen molar-refractivity contribution in [2.45, 2.75) is 13.0 Å². The number of aromatic nitrogens is 1. The molecule has 0 saturated heterocycles. The number of nitriles is 1. The number of halogens is 1. The van der Waals surface area contributed by atoms with Gasteiger partial charge in [0.25, 0.3) is 0 Å². The van der Waals surface area contributed by atoms with Crippen molar-refractivity contribution in [1.29, 1.82) is 5.26 Å². The molecule has 0 aliphatic rings. The SMILES string of the molecule is N#Cc1cccc(OC(=O)CCn2c(=O)oc3cc(Cl)ccc32)c1. The first kappa shape index (κ1) is 15.8. The highest BCUT2D eigenvalue weighted by molar-refractivity contribution is 6.31. The maximum absolute atomic E-state index is 11.9. The molecule has 0 atom stereocenters. The van der Waals surface area contributed by atoms with E-state index in [2.05, 4.69) is 0 Å². The number of benzene rings is 2. The molecule has 0 amide bonds. The Morgan fingerprint density at radius 3 is 2.92 bits per heavy atom. The van der Waals surface area contributed by atoms with Crippen LogP contribution in [0.3, 0.4) is 0 Å². The Kier molecular flexibility index (Phi) is 4.36. The van der Waals surface area contributed by atoms with Crippen molar-refractivity contribution < 1.29 is 13.9 Å². The van der Waals surface area contributed by atoms with E-state index >= 15 is 0 Å². The lowest BCUT2D eigenvalue weighted by molar-refractivity contribution is -0.134. The monoisotopic (exact) mass is 342 g/mol. The first-order chi connectivity index (χ1) is 11.6. The minimum absolute atomic E-state index is 0.0199. The van der Waals surface area contributed by atoms with Crippen molar-refractivity contribution in [2.24, 2.45) is 0 Å². The van der Waals surface area contributed by atoms with E-state index in [1.165, 1.54) is 10.6 Å². The van der Waals surface area contributed by atoms with Gasteiger partial charge in [-0.25, -0.2) is 4.79 Å². The summed E-state index contributed by atoms with van der Waals surface area (Å²) in [6, 6.07) is 13.1. The zero-order valence-corrected chi connectivity index (χ0v) is 13.1. The van der Waals surface area contributed by atoms with Gasteiger partial charge in [-0.15, -0.1) is 0 Å². The Hall–Kier alpha value is -3.04. The van der Waals surface area contributed by atoms with E-state index in [-0.39, 0.29) is 18.7 Å². The molecule has 0 saturated carbocycles. The van der Waals surface area contributed by atoms with E-state index < -0.39 is 11.7 Å². The third-order valence-electron chi connectivity index (χ3n) is 3.36. The zero-order valence-electron chi connectivity index (χ0n) is 12.4. The molecule has 0 aliphatic carbocycles. The fourth-order valence-electron chi connectivity index (χ4n) is 2.27. The second kappa shape index (κ2) is 6.60. The summed E-state index contributed by atoms with van der Waals surface area (Å²) in [5, 5.41) is 9.29. The predicted molar refractivity (Wildman–Crippen MR) is 86.9 cm³/mol. The van der Waals surface area contributed by atoms with Crippen molar-refractivity contribution in [3.05, 3.63) is 63.6 Å². The summed E-state index contributed by atoms with van der Waals surface area (Å²) in [5.74, 6) is -0.790. The quantitative estimate of drug-likeness (QED) is 0.537. The van der Waals surface area contributed by atoms with E-state index in [1.807, 2.05) is 6.07 Å². The van der Waals surface area contributed by atoms with Crippen LogP contribution in [0.15, 0.2) is 51.7 Å². The third-order valence-corrected chi connectivity index (χ3v) is 3.60. The molecule has 1 aromatic heterocycles. The Morgan fingerprint density at radius 2 is 2.12 bits per heavy atom. The maximum Gasteiger partial charge on any atom is 0.419 e. The average molecular weight is 343 g/mol. The number of esters is 1. The first-order valence-corrected chi connectivity index (χ1v) is 7.44. The minimum atomic E-state index is -0.563. The van der Waals surface area contributed by atoms with Crippen molar-refractivity contribution in [3.8, 4) is 11.8 Å².